The molecule has 1 atom stereocenters. The Kier molecular flexibility index (Phi) is 4.04. The van der Waals surface area contributed by atoms with Crippen LogP contribution in [0, 0.1) is 0 Å². The molecule has 0 aromatic carbocycles. The minimum atomic E-state index is -0.263. The predicted molar refractivity (Wildman–Crippen MR) is 62.4 cm³/mol. The number of rotatable bonds is 3. The van der Waals surface area contributed by atoms with E-state index in [9.17, 15) is 4.79 Å². The van der Waals surface area contributed by atoms with Gasteiger partial charge in [-0.05, 0) is 26.2 Å². The molecule has 0 aromatic rings. The van der Waals surface area contributed by atoms with Gasteiger partial charge >= 0.3 is 6.09 Å². The molecule has 2 aliphatic rings. The lowest BCUT2D eigenvalue weighted by Gasteiger charge is -2.23. The van der Waals surface area contributed by atoms with E-state index in [1.54, 1.807) is 0 Å². The van der Waals surface area contributed by atoms with E-state index in [2.05, 4.69) is 10.2 Å². The Morgan fingerprint density at radius 2 is 2.12 bits per heavy atom. The van der Waals surface area contributed by atoms with Gasteiger partial charge in [-0.2, -0.15) is 0 Å². The zero-order chi connectivity index (χ0) is 11.4. The first-order chi connectivity index (χ1) is 7.79. The molecule has 1 heterocycles. The maximum atomic E-state index is 11.3. The van der Waals surface area contributed by atoms with Gasteiger partial charge in [0, 0.05) is 25.2 Å². The zero-order valence-corrected chi connectivity index (χ0v) is 10.1. The highest BCUT2D eigenvalue weighted by atomic mass is 16.5. The second-order valence-corrected chi connectivity index (χ2v) is 4.78. The molecule has 4 heteroatoms. The topological polar surface area (TPSA) is 41.6 Å². The second kappa shape index (κ2) is 5.53. The molecule has 0 bridgehead atoms. The summed E-state index contributed by atoms with van der Waals surface area (Å²) in [6.45, 7) is 4.41. The minimum Gasteiger partial charge on any atom is -0.450 e. The molecule has 1 aliphatic carbocycles. The number of amides is 1. The van der Waals surface area contributed by atoms with Crippen molar-refractivity contribution in [2.45, 2.75) is 51.1 Å². The van der Waals surface area contributed by atoms with Crippen LogP contribution >= 0.6 is 0 Å². The summed E-state index contributed by atoms with van der Waals surface area (Å²) in [5.41, 5.74) is 0. The van der Waals surface area contributed by atoms with Gasteiger partial charge in [-0.25, -0.2) is 4.79 Å². The molecule has 2 fully saturated rings. The zero-order valence-electron chi connectivity index (χ0n) is 10.1. The summed E-state index contributed by atoms with van der Waals surface area (Å²) in [7, 11) is 0. The van der Waals surface area contributed by atoms with Crippen LogP contribution in [0.2, 0.25) is 0 Å². The van der Waals surface area contributed by atoms with Gasteiger partial charge in [0.05, 0.1) is 6.61 Å². The fourth-order valence-corrected chi connectivity index (χ4v) is 2.85. The van der Waals surface area contributed by atoms with Gasteiger partial charge < -0.3 is 10.1 Å². The van der Waals surface area contributed by atoms with Crippen LogP contribution in [0.4, 0.5) is 4.79 Å². The van der Waals surface area contributed by atoms with Crippen molar-refractivity contribution < 1.29 is 9.53 Å². The third-order valence-electron chi connectivity index (χ3n) is 3.66. The Hall–Kier alpha value is -0.770. The van der Waals surface area contributed by atoms with Crippen molar-refractivity contribution >= 4 is 6.09 Å². The Balaban J connectivity index is 1.72. The number of likely N-dealkylation sites (tertiary alicyclic amines) is 1. The average Bonchev–Trinajstić information content (AvgIpc) is 2.86. The van der Waals surface area contributed by atoms with E-state index in [1.807, 2.05) is 6.92 Å². The molecule has 1 unspecified atom stereocenters. The summed E-state index contributed by atoms with van der Waals surface area (Å²) >= 11 is 0. The van der Waals surface area contributed by atoms with E-state index in [4.69, 9.17) is 4.74 Å². The van der Waals surface area contributed by atoms with Crippen molar-refractivity contribution in [1.29, 1.82) is 0 Å². The summed E-state index contributed by atoms with van der Waals surface area (Å²) in [4.78, 5) is 13.8. The molecule has 0 aromatic heterocycles. The predicted octanol–water partition coefficient (Wildman–Crippen LogP) is 1.75. The van der Waals surface area contributed by atoms with Crippen LogP contribution in [0.3, 0.4) is 0 Å². The molecule has 0 radical (unpaired) electrons. The van der Waals surface area contributed by atoms with Gasteiger partial charge in [0.25, 0.3) is 0 Å². The summed E-state index contributed by atoms with van der Waals surface area (Å²) in [5, 5.41) is 2.93. The van der Waals surface area contributed by atoms with E-state index in [0.717, 1.165) is 25.6 Å². The first-order valence-corrected chi connectivity index (χ1v) is 6.47. The summed E-state index contributed by atoms with van der Waals surface area (Å²) in [6, 6.07) is 1.06. The Morgan fingerprint density at radius 3 is 2.81 bits per heavy atom. The molecule has 1 aliphatic heterocycles. The lowest BCUT2D eigenvalue weighted by Crippen LogP contribution is -2.39. The van der Waals surface area contributed by atoms with Crippen molar-refractivity contribution in [3.8, 4) is 0 Å². The second-order valence-electron chi connectivity index (χ2n) is 4.78. The molecule has 1 amide bonds. The highest BCUT2D eigenvalue weighted by Crippen LogP contribution is 2.26. The molecule has 92 valence electrons. The Bertz CT molecular complexity index is 239. The highest BCUT2D eigenvalue weighted by molar-refractivity contribution is 5.67. The van der Waals surface area contributed by atoms with Crippen molar-refractivity contribution in [2.75, 3.05) is 19.7 Å². The standard InChI is InChI=1S/C12H22N2O2/c1-2-16-12(15)13-10-7-8-14(9-10)11-5-3-4-6-11/h10-11H,2-9H2,1H3,(H,13,15). The first kappa shape index (κ1) is 11.7. The quantitative estimate of drug-likeness (QED) is 0.797. The minimum absolute atomic E-state index is 0.263. The maximum Gasteiger partial charge on any atom is 0.407 e. The number of nitrogens with zero attached hydrogens (tertiary/aromatic N) is 1. The molecule has 1 N–H and O–H groups in total. The number of carbonyl (C=O) groups excluding carboxylic acids is 1. The van der Waals surface area contributed by atoms with Crippen molar-refractivity contribution in [2.24, 2.45) is 0 Å². The summed E-state index contributed by atoms with van der Waals surface area (Å²) in [5.74, 6) is 0. The first-order valence-electron chi connectivity index (χ1n) is 6.47. The number of ether oxygens (including phenoxy) is 1. The molecule has 1 saturated heterocycles. The van der Waals surface area contributed by atoms with Crippen molar-refractivity contribution in [1.82, 2.24) is 10.2 Å². The monoisotopic (exact) mass is 226 g/mol. The van der Waals surface area contributed by atoms with E-state index in [-0.39, 0.29) is 6.09 Å². The lowest BCUT2D eigenvalue weighted by molar-refractivity contribution is 0.147. The van der Waals surface area contributed by atoms with Crippen LogP contribution in [0.15, 0.2) is 0 Å². The van der Waals surface area contributed by atoms with Gasteiger partial charge in [-0.15, -0.1) is 0 Å². The third kappa shape index (κ3) is 2.88. The van der Waals surface area contributed by atoms with Gasteiger partial charge in [0.1, 0.15) is 0 Å². The smallest absolute Gasteiger partial charge is 0.407 e. The van der Waals surface area contributed by atoms with Crippen LogP contribution < -0.4 is 5.32 Å². The number of hydrogen-bond acceptors (Lipinski definition) is 3. The Labute approximate surface area is 97.3 Å². The van der Waals surface area contributed by atoms with Gasteiger partial charge in [-0.1, -0.05) is 12.8 Å². The third-order valence-corrected chi connectivity index (χ3v) is 3.66. The van der Waals surface area contributed by atoms with E-state index < -0.39 is 0 Å². The van der Waals surface area contributed by atoms with Crippen LogP contribution in [0.5, 0.6) is 0 Å². The fourth-order valence-electron chi connectivity index (χ4n) is 2.85. The molecule has 4 nitrogen and oxygen atoms in total. The van der Waals surface area contributed by atoms with Crippen LogP contribution in [-0.2, 0) is 4.74 Å². The van der Waals surface area contributed by atoms with Crippen LogP contribution in [0.25, 0.3) is 0 Å². The lowest BCUT2D eigenvalue weighted by atomic mass is 10.2. The number of carbonyl (C=O) groups is 1. The number of hydrogen-bond donors (Lipinski definition) is 1. The fraction of sp³-hybridized carbons (Fsp3) is 0.917. The van der Waals surface area contributed by atoms with E-state index >= 15 is 0 Å². The Morgan fingerprint density at radius 1 is 1.38 bits per heavy atom. The summed E-state index contributed by atoms with van der Waals surface area (Å²) in [6.07, 6.45) is 6.22. The van der Waals surface area contributed by atoms with E-state index in [1.165, 1.54) is 25.7 Å². The van der Waals surface area contributed by atoms with Crippen molar-refractivity contribution in [3.63, 3.8) is 0 Å². The highest BCUT2D eigenvalue weighted by Gasteiger charge is 2.30. The number of nitrogens with one attached hydrogen (secondary N) is 1. The SMILES string of the molecule is CCOC(=O)NC1CCN(C2CCCC2)C1. The van der Waals surface area contributed by atoms with Crippen molar-refractivity contribution in [3.05, 3.63) is 0 Å². The molecule has 0 spiro atoms. The molecular weight excluding hydrogens is 204 g/mol. The average molecular weight is 226 g/mol. The molecule has 2 rings (SSSR count). The molecule has 16 heavy (non-hydrogen) atoms. The van der Waals surface area contributed by atoms with Gasteiger partial charge in [0.15, 0.2) is 0 Å². The molecule has 1 saturated carbocycles. The van der Waals surface area contributed by atoms with Gasteiger partial charge in [-0.3, -0.25) is 4.90 Å². The largest absolute Gasteiger partial charge is 0.450 e. The number of alkyl carbamates (subject to hydrolysis) is 1. The van der Waals surface area contributed by atoms with Gasteiger partial charge in [0.2, 0.25) is 0 Å². The maximum absolute atomic E-state index is 11.3. The van der Waals surface area contributed by atoms with E-state index in [0.29, 0.717) is 12.6 Å². The van der Waals surface area contributed by atoms with Crippen LogP contribution in [-0.4, -0.2) is 42.8 Å². The molecular formula is C12H22N2O2. The normalized spacial score (nSPS) is 27.2. The van der Waals surface area contributed by atoms with Crippen LogP contribution in [0.1, 0.15) is 39.0 Å². The summed E-state index contributed by atoms with van der Waals surface area (Å²) < 4.78 is 4.90.